The van der Waals surface area contributed by atoms with E-state index in [-0.39, 0.29) is 23.5 Å². The van der Waals surface area contributed by atoms with Crippen molar-refractivity contribution < 1.29 is 27.9 Å². The summed E-state index contributed by atoms with van der Waals surface area (Å²) in [6.07, 6.45) is -4.52. The number of alkyl halides is 3. The first-order valence-corrected chi connectivity index (χ1v) is 6.30. The molecule has 0 aliphatic carbocycles. The molecule has 7 heteroatoms. The zero-order valence-corrected chi connectivity index (χ0v) is 11.5. The maximum absolute atomic E-state index is 12.5. The molecule has 0 fully saturated rings. The number of carboxylic acid groups (broad SMARTS) is 1. The topological polar surface area (TPSA) is 70.2 Å². The number of Topliss-reactive ketones (excluding diaryl/α,β-unsaturated/α-hetero) is 1. The van der Waals surface area contributed by atoms with Crippen LogP contribution in [0.3, 0.4) is 0 Å². The van der Waals surface area contributed by atoms with Crippen LogP contribution >= 0.6 is 0 Å². The summed E-state index contributed by atoms with van der Waals surface area (Å²) in [4.78, 5) is 25.5. The lowest BCUT2D eigenvalue weighted by atomic mass is 10.0. The number of hydrogen-bond donors (Lipinski definition) is 2. The minimum atomic E-state index is -4.42. The predicted molar refractivity (Wildman–Crippen MR) is 72.0 cm³/mol. The fraction of sp³-hybridized carbons (Fsp3) is 0.200. The van der Waals surface area contributed by atoms with Gasteiger partial charge < -0.3 is 10.1 Å². The molecule has 116 valence electrons. The SMILES string of the molecule is Cc1[nH]c(C(=O)O)cc1C(=O)Cc1ccc(C(F)(F)F)cc1. The minimum Gasteiger partial charge on any atom is -0.477 e. The van der Waals surface area contributed by atoms with Crippen molar-refractivity contribution in [3.8, 4) is 0 Å². The van der Waals surface area contributed by atoms with Crippen molar-refractivity contribution in [2.24, 2.45) is 0 Å². The Morgan fingerprint density at radius 3 is 2.23 bits per heavy atom. The Bertz CT molecular complexity index is 715. The average Bonchev–Trinajstić information content (AvgIpc) is 2.81. The zero-order valence-electron chi connectivity index (χ0n) is 11.5. The van der Waals surface area contributed by atoms with E-state index in [0.717, 1.165) is 12.1 Å². The van der Waals surface area contributed by atoms with Crippen molar-refractivity contribution in [1.29, 1.82) is 0 Å². The third kappa shape index (κ3) is 3.36. The van der Waals surface area contributed by atoms with Crippen LogP contribution in [0, 0.1) is 6.92 Å². The van der Waals surface area contributed by atoms with Crippen LogP contribution in [0.15, 0.2) is 30.3 Å². The van der Waals surface area contributed by atoms with Gasteiger partial charge in [0.05, 0.1) is 5.56 Å². The van der Waals surface area contributed by atoms with Crippen molar-refractivity contribution in [1.82, 2.24) is 4.98 Å². The van der Waals surface area contributed by atoms with Gasteiger partial charge in [-0.25, -0.2) is 4.79 Å². The number of ketones is 1. The van der Waals surface area contributed by atoms with Gasteiger partial charge in [0, 0.05) is 17.7 Å². The summed E-state index contributed by atoms with van der Waals surface area (Å²) in [6.45, 7) is 1.56. The number of aryl methyl sites for hydroxylation is 1. The van der Waals surface area contributed by atoms with Gasteiger partial charge in [-0.15, -0.1) is 0 Å². The molecule has 0 atom stereocenters. The minimum absolute atomic E-state index is 0.101. The summed E-state index contributed by atoms with van der Waals surface area (Å²) in [6, 6.07) is 5.52. The number of carboxylic acids is 1. The van der Waals surface area contributed by atoms with Gasteiger partial charge in [-0.05, 0) is 30.7 Å². The molecule has 4 nitrogen and oxygen atoms in total. The molecule has 0 saturated heterocycles. The zero-order chi connectivity index (χ0) is 16.5. The summed E-state index contributed by atoms with van der Waals surface area (Å²) in [5, 5.41) is 8.85. The van der Waals surface area contributed by atoms with Gasteiger partial charge in [0.2, 0.25) is 0 Å². The van der Waals surface area contributed by atoms with E-state index in [0.29, 0.717) is 11.3 Å². The number of carbonyl (C=O) groups excluding carboxylic acids is 1. The van der Waals surface area contributed by atoms with Crippen LogP contribution in [0.2, 0.25) is 0 Å². The van der Waals surface area contributed by atoms with E-state index >= 15 is 0 Å². The van der Waals surface area contributed by atoms with Crippen LogP contribution in [-0.4, -0.2) is 21.8 Å². The van der Waals surface area contributed by atoms with Crippen molar-refractivity contribution in [3.63, 3.8) is 0 Å². The van der Waals surface area contributed by atoms with Gasteiger partial charge in [0.25, 0.3) is 0 Å². The number of aromatic carboxylic acids is 1. The van der Waals surface area contributed by atoms with Crippen molar-refractivity contribution in [2.75, 3.05) is 0 Å². The molecule has 0 radical (unpaired) electrons. The largest absolute Gasteiger partial charge is 0.477 e. The van der Waals surface area contributed by atoms with E-state index in [1.165, 1.54) is 18.2 Å². The quantitative estimate of drug-likeness (QED) is 0.849. The lowest BCUT2D eigenvalue weighted by Crippen LogP contribution is -2.07. The normalized spacial score (nSPS) is 11.5. The number of aromatic nitrogens is 1. The molecule has 1 heterocycles. The predicted octanol–water partition coefficient (Wildman–Crippen LogP) is 3.47. The summed E-state index contributed by atoms with van der Waals surface area (Å²) in [5.74, 6) is -1.54. The van der Waals surface area contributed by atoms with Gasteiger partial charge in [-0.3, -0.25) is 4.79 Å². The van der Waals surface area contributed by atoms with Crippen molar-refractivity contribution in [3.05, 3.63) is 58.4 Å². The highest BCUT2D eigenvalue weighted by molar-refractivity contribution is 6.00. The van der Waals surface area contributed by atoms with E-state index in [4.69, 9.17) is 5.11 Å². The highest BCUT2D eigenvalue weighted by Gasteiger charge is 2.30. The first-order valence-electron chi connectivity index (χ1n) is 6.30. The molecule has 0 aliphatic heterocycles. The second-order valence-electron chi connectivity index (χ2n) is 4.82. The van der Waals surface area contributed by atoms with Crippen LogP contribution in [0.5, 0.6) is 0 Å². The molecule has 0 amide bonds. The van der Waals surface area contributed by atoms with Gasteiger partial charge >= 0.3 is 12.1 Å². The van der Waals surface area contributed by atoms with E-state index < -0.39 is 17.7 Å². The third-order valence-corrected chi connectivity index (χ3v) is 3.19. The monoisotopic (exact) mass is 311 g/mol. The highest BCUT2D eigenvalue weighted by atomic mass is 19.4. The first kappa shape index (κ1) is 15.8. The number of rotatable bonds is 4. The Labute approximate surface area is 123 Å². The average molecular weight is 311 g/mol. The fourth-order valence-electron chi connectivity index (χ4n) is 2.06. The van der Waals surface area contributed by atoms with Crippen molar-refractivity contribution in [2.45, 2.75) is 19.5 Å². The molecule has 1 aromatic heterocycles. The second-order valence-corrected chi connectivity index (χ2v) is 4.82. The molecule has 2 N–H and O–H groups in total. The van der Waals surface area contributed by atoms with Gasteiger partial charge in [-0.1, -0.05) is 12.1 Å². The summed E-state index contributed by atoms with van der Waals surface area (Å²) < 4.78 is 37.4. The van der Waals surface area contributed by atoms with E-state index in [9.17, 15) is 22.8 Å². The van der Waals surface area contributed by atoms with Gasteiger partial charge in [0.1, 0.15) is 5.69 Å². The Balaban J connectivity index is 2.17. The molecule has 1 aromatic carbocycles. The van der Waals surface area contributed by atoms with Crippen LogP contribution < -0.4 is 0 Å². The molecule has 2 rings (SSSR count). The van der Waals surface area contributed by atoms with E-state index in [2.05, 4.69) is 4.98 Å². The number of benzene rings is 1. The molecule has 0 spiro atoms. The summed E-state index contributed by atoms with van der Waals surface area (Å²) >= 11 is 0. The maximum Gasteiger partial charge on any atom is 0.416 e. The van der Waals surface area contributed by atoms with Crippen LogP contribution in [0.1, 0.15) is 37.7 Å². The highest BCUT2D eigenvalue weighted by Crippen LogP contribution is 2.29. The number of H-pyrrole nitrogens is 1. The Hall–Kier alpha value is -2.57. The number of halogens is 3. The molecule has 0 bridgehead atoms. The fourth-order valence-corrected chi connectivity index (χ4v) is 2.06. The van der Waals surface area contributed by atoms with E-state index in [1.54, 1.807) is 6.92 Å². The Kier molecular flexibility index (Phi) is 4.07. The summed E-state index contributed by atoms with van der Waals surface area (Å²) in [5.41, 5.74) is 0.171. The molecule has 0 aliphatic rings. The molecule has 0 unspecified atom stereocenters. The molecule has 2 aromatic rings. The first-order chi connectivity index (χ1) is 10.2. The molecule has 0 saturated carbocycles. The number of carbonyl (C=O) groups is 2. The lowest BCUT2D eigenvalue weighted by molar-refractivity contribution is -0.137. The van der Waals surface area contributed by atoms with Gasteiger partial charge in [-0.2, -0.15) is 13.2 Å². The van der Waals surface area contributed by atoms with Crippen LogP contribution in [0.4, 0.5) is 13.2 Å². The van der Waals surface area contributed by atoms with Gasteiger partial charge in [0.15, 0.2) is 5.78 Å². The molecular formula is C15H12F3NO3. The lowest BCUT2D eigenvalue weighted by Gasteiger charge is -2.07. The maximum atomic E-state index is 12.5. The number of nitrogens with one attached hydrogen (secondary N) is 1. The van der Waals surface area contributed by atoms with Crippen molar-refractivity contribution >= 4 is 11.8 Å². The van der Waals surface area contributed by atoms with Crippen LogP contribution in [-0.2, 0) is 12.6 Å². The Morgan fingerprint density at radius 2 is 1.77 bits per heavy atom. The van der Waals surface area contributed by atoms with Crippen LogP contribution in [0.25, 0.3) is 0 Å². The molecular weight excluding hydrogens is 299 g/mol. The molecule has 22 heavy (non-hydrogen) atoms. The number of aromatic amines is 1. The number of hydrogen-bond acceptors (Lipinski definition) is 2. The standard InChI is InChI=1S/C15H12F3NO3/c1-8-11(7-12(19-8)14(21)22)13(20)6-9-2-4-10(5-3-9)15(16,17)18/h2-5,7,19H,6H2,1H3,(H,21,22). The smallest absolute Gasteiger partial charge is 0.416 e. The summed E-state index contributed by atoms with van der Waals surface area (Å²) in [7, 11) is 0. The van der Waals surface area contributed by atoms with E-state index in [1.807, 2.05) is 0 Å². The second kappa shape index (κ2) is 5.67. The Morgan fingerprint density at radius 1 is 1.18 bits per heavy atom. The third-order valence-electron chi connectivity index (χ3n) is 3.19.